The van der Waals surface area contributed by atoms with Gasteiger partial charge in [0.25, 0.3) is 0 Å². The number of rotatable bonds is 3. The van der Waals surface area contributed by atoms with E-state index in [1.165, 1.54) is 12.1 Å². The van der Waals surface area contributed by atoms with E-state index < -0.39 is 5.82 Å². The fourth-order valence-corrected chi connectivity index (χ4v) is 1.42. The summed E-state index contributed by atoms with van der Waals surface area (Å²) < 4.78 is 18.3. The van der Waals surface area contributed by atoms with Crippen LogP contribution in [0.25, 0.3) is 0 Å². The maximum Gasteiger partial charge on any atom is 0.134 e. The van der Waals surface area contributed by atoms with E-state index in [2.05, 4.69) is 12.1 Å². The van der Waals surface area contributed by atoms with E-state index in [0.29, 0.717) is 11.3 Å². The molecule has 2 rings (SSSR count). The molecule has 2 aromatic carbocycles. The van der Waals surface area contributed by atoms with E-state index in [1.54, 1.807) is 18.2 Å². The molecule has 0 saturated carbocycles. The normalized spacial score (nSPS) is 9.65. The predicted molar refractivity (Wildman–Crippen MR) is 60.7 cm³/mol. The Kier molecular flexibility index (Phi) is 3.37. The summed E-state index contributed by atoms with van der Waals surface area (Å²) >= 11 is 0. The van der Waals surface area contributed by atoms with Crippen LogP contribution < -0.4 is 4.74 Å². The highest BCUT2D eigenvalue weighted by Gasteiger charge is 2.02. The molecule has 0 spiro atoms. The van der Waals surface area contributed by atoms with Crippen LogP contribution in [-0.4, -0.2) is 0 Å². The lowest BCUT2D eigenvalue weighted by Gasteiger charge is -2.07. The molecule has 0 aromatic heterocycles. The standard InChI is InChI=1S/C14H9FNO/c15-13-6-3-7-14(8-13)17-10-12-5-2-1-4-11(12)9-16/h1-5,7-8H,10H2. The summed E-state index contributed by atoms with van der Waals surface area (Å²) in [5, 5.41) is 8.89. The van der Waals surface area contributed by atoms with Crippen molar-refractivity contribution in [2.75, 3.05) is 0 Å². The number of nitrogens with zero attached hydrogens (tertiary/aromatic N) is 1. The van der Waals surface area contributed by atoms with Gasteiger partial charge in [0.05, 0.1) is 11.6 Å². The van der Waals surface area contributed by atoms with Gasteiger partial charge in [0, 0.05) is 17.7 Å². The largest absolute Gasteiger partial charge is 0.489 e. The monoisotopic (exact) mass is 226 g/mol. The zero-order chi connectivity index (χ0) is 12.1. The van der Waals surface area contributed by atoms with E-state index in [-0.39, 0.29) is 6.61 Å². The Morgan fingerprint density at radius 3 is 2.88 bits per heavy atom. The number of ether oxygens (including phenoxy) is 1. The van der Waals surface area contributed by atoms with Gasteiger partial charge in [-0.05, 0) is 18.2 Å². The van der Waals surface area contributed by atoms with Gasteiger partial charge >= 0.3 is 0 Å². The van der Waals surface area contributed by atoms with Gasteiger partial charge in [-0.2, -0.15) is 5.26 Å². The zero-order valence-electron chi connectivity index (χ0n) is 8.98. The molecule has 0 saturated heterocycles. The van der Waals surface area contributed by atoms with Crippen molar-refractivity contribution in [3.8, 4) is 11.8 Å². The average molecular weight is 226 g/mol. The Labute approximate surface area is 98.9 Å². The smallest absolute Gasteiger partial charge is 0.134 e. The number of hydrogen-bond donors (Lipinski definition) is 0. The fraction of sp³-hybridized carbons (Fsp3) is 0.0714. The minimum atomic E-state index is -0.462. The minimum Gasteiger partial charge on any atom is -0.489 e. The van der Waals surface area contributed by atoms with E-state index in [1.807, 2.05) is 12.1 Å². The molecule has 3 heteroatoms. The lowest BCUT2D eigenvalue weighted by atomic mass is 10.1. The summed E-state index contributed by atoms with van der Waals surface area (Å²) in [6.45, 7) is 0.243. The summed E-state index contributed by atoms with van der Waals surface area (Å²) in [5.41, 5.74) is 1.35. The topological polar surface area (TPSA) is 33.0 Å². The predicted octanol–water partition coefficient (Wildman–Crippen LogP) is 3.08. The Morgan fingerprint density at radius 1 is 1.29 bits per heavy atom. The van der Waals surface area contributed by atoms with Crippen LogP contribution in [0.15, 0.2) is 42.5 Å². The van der Waals surface area contributed by atoms with Gasteiger partial charge in [-0.3, -0.25) is 0 Å². The van der Waals surface area contributed by atoms with Crippen LogP contribution >= 0.6 is 0 Å². The Hall–Kier alpha value is -2.34. The van der Waals surface area contributed by atoms with Gasteiger partial charge in [-0.25, -0.2) is 4.39 Å². The maximum atomic E-state index is 12.9. The molecule has 83 valence electrons. The molecule has 0 aliphatic heterocycles. The van der Waals surface area contributed by atoms with E-state index in [9.17, 15) is 4.39 Å². The van der Waals surface area contributed by atoms with Crippen LogP contribution in [-0.2, 0) is 6.61 Å². The van der Waals surface area contributed by atoms with Gasteiger partial charge in [-0.1, -0.05) is 18.2 Å². The Morgan fingerprint density at radius 2 is 2.12 bits per heavy atom. The molecule has 0 atom stereocenters. The van der Waals surface area contributed by atoms with Gasteiger partial charge in [0.1, 0.15) is 18.2 Å². The fourth-order valence-electron chi connectivity index (χ4n) is 1.42. The van der Waals surface area contributed by atoms with Crippen LogP contribution in [0.2, 0.25) is 0 Å². The van der Waals surface area contributed by atoms with Crippen molar-refractivity contribution in [3.05, 3.63) is 65.5 Å². The SMILES string of the molecule is N#Cc1ccccc1COc1cc[c]c(F)c1. The molecule has 0 amide bonds. The second-order valence-electron chi connectivity index (χ2n) is 3.43. The van der Waals surface area contributed by atoms with E-state index >= 15 is 0 Å². The summed E-state index contributed by atoms with van der Waals surface area (Å²) in [4.78, 5) is 0. The molecular formula is C14H9FNO. The molecule has 2 aromatic rings. The van der Waals surface area contributed by atoms with Crippen molar-refractivity contribution < 1.29 is 9.13 Å². The van der Waals surface area contributed by atoms with E-state index in [4.69, 9.17) is 10.00 Å². The molecule has 17 heavy (non-hydrogen) atoms. The molecule has 0 bridgehead atoms. The first-order chi connectivity index (χ1) is 8.29. The highest BCUT2D eigenvalue weighted by Crippen LogP contribution is 2.15. The van der Waals surface area contributed by atoms with Crippen LogP contribution in [0.3, 0.4) is 0 Å². The molecule has 0 aliphatic carbocycles. The van der Waals surface area contributed by atoms with Crippen LogP contribution in [0.5, 0.6) is 5.75 Å². The molecule has 1 radical (unpaired) electrons. The maximum absolute atomic E-state index is 12.9. The quantitative estimate of drug-likeness (QED) is 0.805. The van der Waals surface area contributed by atoms with Crippen LogP contribution in [0.1, 0.15) is 11.1 Å². The Bertz CT molecular complexity index is 560. The third-order valence-corrected chi connectivity index (χ3v) is 2.27. The van der Waals surface area contributed by atoms with Crippen molar-refractivity contribution in [1.82, 2.24) is 0 Å². The van der Waals surface area contributed by atoms with Crippen molar-refractivity contribution in [2.45, 2.75) is 6.61 Å². The summed E-state index contributed by atoms with van der Waals surface area (Å²) in [5.74, 6) is -0.0370. The third-order valence-electron chi connectivity index (χ3n) is 2.27. The minimum absolute atomic E-state index is 0.243. The van der Waals surface area contributed by atoms with Gasteiger partial charge in [0.2, 0.25) is 0 Å². The van der Waals surface area contributed by atoms with Crippen LogP contribution in [0.4, 0.5) is 4.39 Å². The molecule has 2 nitrogen and oxygen atoms in total. The number of nitriles is 1. The number of halogens is 1. The first-order valence-electron chi connectivity index (χ1n) is 5.07. The van der Waals surface area contributed by atoms with Crippen LogP contribution in [0, 0.1) is 23.2 Å². The molecule has 0 heterocycles. The highest BCUT2D eigenvalue weighted by molar-refractivity contribution is 5.37. The molecule has 0 aliphatic rings. The Balaban J connectivity index is 2.10. The zero-order valence-corrected chi connectivity index (χ0v) is 8.98. The third kappa shape index (κ3) is 2.82. The van der Waals surface area contributed by atoms with E-state index in [0.717, 1.165) is 5.56 Å². The van der Waals surface area contributed by atoms with Gasteiger partial charge < -0.3 is 4.74 Å². The average Bonchev–Trinajstić information content (AvgIpc) is 2.37. The molecule has 0 N–H and O–H groups in total. The van der Waals surface area contributed by atoms with Crippen molar-refractivity contribution in [3.63, 3.8) is 0 Å². The van der Waals surface area contributed by atoms with Gasteiger partial charge in [0.15, 0.2) is 0 Å². The summed E-state index contributed by atoms with van der Waals surface area (Å²) in [6.07, 6.45) is 0. The summed E-state index contributed by atoms with van der Waals surface area (Å²) in [7, 11) is 0. The molecule has 0 unspecified atom stereocenters. The second-order valence-corrected chi connectivity index (χ2v) is 3.43. The van der Waals surface area contributed by atoms with Crippen molar-refractivity contribution in [2.24, 2.45) is 0 Å². The first-order valence-corrected chi connectivity index (χ1v) is 5.07. The van der Waals surface area contributed by atoms with Crippen molar-refractivity contribution in [1.29, 1.82) is 5.26 Å². The molecular weight excluding hydrogens is 217 g/mol. The van der Waals surface area contributed by atoms with Crippen molar-refractivity contribution >= 4 is 0 Å². The lowest BCUT2D eigenvalue weighted by molar-refractivity contribution is 0.304. The van der Waals surface area contributed by atoms with Gasteiger partial charge in [-0.15, -0.1) is 0 Å². The number of hydrogen-bond acceptors (Lipinski definition) is 2. The summed E-state index contributed by atoms with van der Waals surface area (Å²) in [6, 6.07) is 16.0. The first kappa shape index (κ1) is 11.2. The number of benzene rings is 2. The highest BCUT2D eigenvalue weighted by atomic mass is 19.1. The second kappa shape index (κ2) is 5.13. The lowest BCUT2D eigenvalue weighted by Crippen LogP contribution is -1.98. The molecule has 0 fully saturated rings.